The molecule has 0 aromatic heterocycles. The predicted octanol–water partition coefficient (Wildman–Crippen LogP) is 0.771. The zero-order valence-electron chi connectivity index (χ0n) is 11.8. The topological polar surface area (TPSA) is 60.9 Å². The Morgan fingerprint density at radius 3 is 2.29 bits per heavy atom. The largest absolute Gasteiger partial charge is 0.417 e. The number of carbonyl (C=O) groups excluding carboxylic acids is 2. The minimum absolute atomic E-state index is 0.106. The lowest BCUT2D eigenvalue weighted by Crippen LogP contribution is -2.56. The number of rotatable bonds is 1. The van der Waals surface area contributed by atoms with Gasteiger partial charge in [-0.1, -0.05) is 0 Å². The zero-order valence-corrected chi connectivity index (χ0v) is 11.8. The number of halogens is 3. The van der Waals surface area contributed by atoms with Crippen LogP contribution in [0.3, 0.4) is 0 Å². The van der Waals surface area contributed by atoms with Crippen LogP contribution in [0.4, 0.5) is 13.2 Å². The second kappa shape index (κ2) is 5.47. The van der Waals surface area contributed by atoms with E-state index >= 15 is 0 Å². The third-order valence-corrected chi connectivity index (χ3v) is 4.33. The fraction of sp³-hybridized carbons (Fsp3) is 0.846. The fourth-order valence-corrected chi connectivity index (χ4v) is 2.77. The third kappa shape index (κ3) is 3.14. The fourth-order valence-electron chi connectivity index (χ4n) is 2.77. The van der Waals surface area contributed by atoms with Gasteiger partial charge in [0.2, 0.25) is 11.8 Å². The van der Waals surface area contributed by atoms with Gasteiger partial charge in [0.1, 0.15) is 0 Å². The van der Waals surface area contributed by atoms with Crippen molar-refractivity contribution in [3.8, 4) is 0 Å². The van der Waals surface area contributed by atoms with Crippen molar-refractivity contribution in [3.05, 3.63) is 0 Å². The molecule has 1 atom stereocenters. The highest BCUT2D eigenvalue weighted by Gasteiger charge is 2.54. The van der Waals surface area contributed by atoms with Crippen LogP contribution < -0.4 is 0 Å². The van der Waals surface area contributed by atoms with Crippen LogP contribution in [0, 0.1) is 5.92 Å². The first-order valence-corrected chi connectivity index (χ1v) is 6.97. The molecule has 120 valence electrons. The lowest BCUT2D eigenvalue weighted by molar-refractivity contribution is -0.263. The number of hydrogen-bond acceptors (Lipinski definition) is 3. The van der Waals surface area contributed by atoms with Crippen LogP contribution in [0.15, 0.2) is 0 Å². The van der Waals surface area contributed by atoms with Crippen LogP contribution in [0.5, 0.6) is 0 Å². The summed E-state index contributed by atoms with van der Waals surface area (Å²) in [6.45, 7) is 2.18. The number of alkyl halides is 3. The molecule has 2 heterocycles. The summed E-state index contributed by atoms with van der Waals surface area (Å²) in [7, 11) is 0. The highest BCUT2D eigenvalue weighted by molar-refractivity contribution is 5.83. The van der Waals surface area contributed by atoms with Crippen LogP contribution in [0.25, 0.3) is 0 Å². The summed E-state index contributed by atoms with van der Waals surface area (Å²) in [4.78, 5) is 26.2. The Morgan fingerprint density at radius 1 is 1.14 bits per heavy atom. The van der Waals surface area contributed by atoms with Gasteiger partial charge in [0, 0.05) is 39.5 Å². The van der Waals surface area contributed by atoms with Gasteiger partial charge in [-0.3, -0.25) is 9.59 Å². The van der Waals surface area contributed by atoms with E-state index in [1.165, 1.54) is 16.7 Å². The van der Waals surface area contributed by atoms with Crippen molar-refractivity contribution in [1.29, 1.82) is 0 Å². The Kier molecular flexibility index (Phi) is 4.19. The smallest absolute Gasteiger partial charge is 0.380 e. The summed E-state index contributed by atoms with van der Waals surface area (Å²) in [5, 5.41) is 9.70. The zero-order chi connectivity index (χ0) is 15.8. The maximum absolute atomic E-state index is 12.8. The van der Waals surface area contributed by atoms with Crippen molar-refractivity contribution >= 4 is 11.8 Å². The third-order valence-electron chi connectivity index (χ3n) is 4.33. The molecule has 8 heteroatoms. The molecular formula is C13H19F3N2O3. The minimum atomic E-state index is -4.67. The second-order valence-corrected chi connectivity index (χ2v) is 5.83. The van der Waals surface area contributed by atoms with Gasteiger partial charge in [0.25, 0.3) is 0 Å². The summed E-state index contributed by atoms with van der Waals surface area (Å²) >= 11 is 0. The van der Waals surface area contributed by atoms with E-state index < -0.39 is 18.2 Å². The van der Waals surface area contributed by atoms with Crippen LogP contribution in [0.2, 0.25) is 0 Å². The van der Waals surface area contributed by atoms with E-state index in [2.05, 4.69) is 0 Å². The van der Waals surface area contributed by atoms with Gasteiger partial charge in [-0.15, -0.1) is 0 Å². The van der Waals surface area contributed by atoms with Crippen molar-refractivity contribution in [3.63, 3.8) is 0 Å². The molecule has 2 fully saturated rings. The normalized spacial score (nSPS) is 28.0. The lowest BCUT2D eigenvalue weighted by atomic mass is 9.94. The number of nitrogens with zero attached hydrogens (tertiary/aromatic N) is 2. The number of amides is 2. The van der Waals surface area contributed by atoms with E-state index in [4.69, 9.17) is 0 Å². The van der Waals surface area contributed by atoms with Crippen molar-refractivity contribution in [2.24, 2.45) is 5.92 Å². The lowest BCUT2D eigenvalue weighted by Gasteiger charge is -2.40. The summed E-state index contributed by atoms with van der Waals surface area (Å²) < 4.78 is 38.4. The Hall–Kier alpha value is -1.31. The monoisotopic (exact) mass is 308 g/mol. The molecule has 2 amide bonds. The Bertz CT molecular complexity index is 435. The number of aliphatic hydroxyl groups is 1. The summed E-state index contributed by atoms with van der Waals surface area (Å²) in [5.74, 6) is -0.661. The second-order valence-electron chi connectivity index (χ2n) is 5.83. The average molecular weight is 308 g/mol. The number of hydrogen-bond donors (Lipinski definition) is 1. The molecule has 1 unspecified atom stereocenters. The Labute approximate surface area is 120 Å². The van der Waals surface area contributed by atoms with Crippen LogP contribution in [0.1, 0.15) is 26.2 Å². The Morgan fingerprint density at radius 2 is 1.76 bits per heavy atom. The van der Waals surface area contributed by atoms with Crippen LogP contribution in [-0.4, -0.2) is 64.7 Å². The van der Waals surface area contributed by atoms with Crippen molar-refractivity contribution in [2.75, 3.05) is 26.2 Å². The quantitative estimate of drug-likeness (QED) is 0.778. The summed E-state index contributed by atoms with van der Waals surface area (Å²) in [5.41, 5.74) is -2.70. The van der Waals surface area contributed by atoms with E-state index in [0.29, 0.717) is 13.1 Å². The van der Waals surface area contributed by atoms with Crippen molar-refractivity contribution < 1.29 is 27.9 Å². The molecule has 1 N–H and O–H groups in total. The van der Waals surface area contributed by atoms with Crippen LogP contribution >= 0.6 is 0 Å². The van der Waals surface area contributed by atoms with Crippen molar-refractivity contribution in [1.82, 2.24) is 9.80 Å². The molecule has 0 aliphatic carbocycles. The molecule has 0 aromatic rings. The summed E-state index contributed by atoms with van der Waals surface area (Å²) in [6, 6.07) is 0. The molecule has 2 aliphatic rings. The average Bonchev–Trinajstić information content (AvgIpc) is 2.48. The highest BCUT2D eigenvalue weighted by atomic mass is 19.4. The maximum atomic E-state index is 12.8. The van der Waals surface area contributed by atoms with E-state index in [0.717, 1.165) is 0 Å². The van der Waals surface area contributed by atoms with Gasteiger partial charge >= 0.3 is 6.18 Å². The molecule has 0 saturated carbocycles. The van der Waals surface area contributed by atoms with Crippen molar-refractivity contribution in [2.45, 2.75) is 38.0 Å². The first-order chi connectivity index (χ1) is 9.64. The van der Waals surface area contributed by atoms with Gasteiger partial charge in [-0.05, 0) is 12.8 Å². The minimum Gasteiger partial charge on any atom is -0.380 e. The summed E-state index contributed by atoms with van der Waals surface area (Å²) in [6.07, 6.45) is -5.44. The van der Waals surface area contributed by atoms with Gasteiger partial charge in [0.05, 0.1) is 5.92 Å². The van der Waals surface area contributed by atoms with Gasteiger partial charge in [-0.25, -0.2) is 0 Å². The van der Waals surface area contributed by atoms with E-state index in [9.17, 15) is 27.9 Å². The standard InChI is InChI=1S/C13H19F3N2O3/c1-9(19)18-7-10(8-18)11(20)17-5-2-3-12(21,4-6-17)13(14,15)16/h10,21H,2-8H2,1H3. The molecule has 0 bridgehead atoms. The van der Waals surface area contributed by atoms with E-state index in [1.54, 1.807) is 0 Å². The van der Waals surface area contributed by atoms with E-state index in [1.807, 2.05) is 0 Å². The number of carbonyl (C=O) groups is 2. The predicted molar refractivity (Wildman–Crippen MR) is 67.2 cm³/mol. The maximum Gasteiger partial charge on any atom is 0.417 e. The molecule has 0 radical (unpaired) electrons. The first kappa shape index (κ1) is 16.1. The van der Waals surface area contributed by atoms with E-state index in [-0.39, 0.29) is 43.7 Å². The highest BCUT2D eigenvalue weighted by Crippen LogP contribution is 2.38. The van der Waals surface area contributed by atoms with Crippen LogP contribution in [-0.2, 0) is 9.59 Å². The number of likely N-dealkylation sites (tertiary alicyclic amines) is 2. The Balaban J connectivity index is 1.92. The SMILES string of the molecule is CC(=O)N1CC(C(=O)N2CCCC(O)(C(F)(F)F)CC2)C1. The first-order valence-electron chi connectivity index (χ1n) is 6.97. The molecule has 21 heavy (non-hydrogen) atoms. The molecule has 5 nitrogen and oxygen atoms in total. The van der Waals surface area contributed by atoms with Gasteiger partial charge in [-0.2, -0.15) is 13.2 Å². The molecule has 2 aliphatic heterocycles. The van der Waals surface area contributed by atoms with Gasteiger partial charge < -0.3 is 14.9 Å². The molecule has 2 rings (SSSR count). The molecule has 2 saturated heterocycles. The molecule has 0 spiro atoms. The molecule has 0 aromatic carbocycles. The van der Waals surface area contributed by atoms with Gasteiger partial charge in [0.15, 0.2) is 5.60 Å². The molecular weight excluding hydrogens is 289 g/mol.